The molecule has 0 N–H and O–H groups in total. The molecule has 0 saturated carbocycles. The predicted molar refractivity (Wildman–Crippen MR) is 98.9 cm³/mol. The lowest BCUT2D eigenvalue weighted by Gasteiger charge is -2.43. The lowest BCUT2D eigenvalue weighted by Crippen LogP contribution is -2.44. The Hall–Kier alpha value is -1.55. The van der Waals surface area contributed by atoms with Crippen LogP contribution in [0.15, 0.2) is 24.3 Å². The van der Waals surface area contributed by atoms with Crippen LogP contribution in [0.2, 0.25) is 0 Å². The number of para-hydroxylation sites is 1. The fraction of sp³-hybridized carbons (Fsp3) is 0.667. The largest absolute Gasteiger partial charge is 0.496 e. The molecule has 2 heterocycles. The summed E-state index contributed by atoms with van der Waals surface area (Å²) in [6.45, 7) is 6.92. The van der Waals surface area contributed by atoms with E-state index in [2.05, 4.69) is 26.0 Å². The lowest BCUT2D eigenvalue weighted by atomic mass is 9.68. The molecule has 0 spiro atoms. The van der Waals surface area contributed by atoms with Crippen LogP contribution >= 0.6 is 0 Å². The quantitative estimate of drug-likeness (QED) is 0.815. The van der Waals surface area contributed by atoms with E-state index in [1.54, 1.807) is 7.11 Å². The molecule has 0 aliphatic carbocycles. The van der Waals surface area contributed by atoms with Crippen molar-refractivity contribution in [1.29, 1.82) is 0 Å². The van der Waals surface area contributed by atoms with Crippen LogP contribution in [-0.2, 0) is 14.9 Å². The van der Waals surface area contributed by atoms with E-state index in [1.807, 2.05) is 17.0 Å². The van der Waals surface area contributed by atoms with Crippen molar-refractivity contribution in [1.82, 2.24) is 4.90 Å². The molecule has 1 aromatic rings. The SMILES string of the molecule is COc1ccccc1C1(CC(=O)N2CCCC2)CCOC(C(C)C)C1. The van der Waals surface area contributed by atoms with E-state index in [1.165, 1.54) is 5.56 Å². The number of carbonyl (C=O) groups is 1. The highest BCUT2D eigenvalue weighted by Gasteiger charge is 2.43. The summed E-state index contributed by atoms with van der Waals surface area (Å²) >= 11 is 0. The van der Waals surface area contributed by atoms with Crippen LogP contribution in [0, 0.1) is 5.92 Å². The standard InChI is InChI=1S/C21H31NO3/c1-16(2)19-14-21(10-13-25-19,15-20(23)22-11-6-7-12-22)17-8-4-5-9-18(17)24-3/h4-5,8-9,16,19H,6-7,10-15H2,1-3H3. The number of benzene rings is 1. The van der Waals surface area contributed by atoms with Crippen LogP contribution in [0.3, 0.4) is 0 Å². The topological polar surface area (TPSA) is 38.8 Å². The van der Waals surface area contributed by atoms with Gasteiger partial charge in [0.2, 0.25) is 5.91 Å². The van der Waals surface area contributed by atoms with E-state index in [4.69, 9.17) is 9.47 Å². The minimum Gasteiger partial charge on any atom is -0.496 e. The zero-order valence-electron chi connectivity index (χ0n) is 15.8. The number of likely N-dealkylation sites (tertiary alicyclic amines) is 1. The van der Waals surface area contributed by atoms with Crippen LogP contribution in [0.4, 0.5) is 0 Å². The third-order valence-electron chi connectivity index (χ3n) is 5.87. The number of amides is 1. The molecule has 2 aliphatic rings. The van der Waals surface area contributed by atoms with Crippen LogP contribution in [0.5, 0.6) is 5.75 Å². The molecule has 4 heteroatoms. The molecule has 0 radical (unpaired) electrons. The molecule has 4 nitrogen and oxygen atoms in total. The van der Waals surface area contributed by atoms with Gasteiger partial charge < -0.3 is 14.4 Å². The molecule has 2 fully saturated rings. The van der Waals surface area contributed by atoms with E-state index in [0.717, 1.165) is 44.5 Å². The Bertz CT molecular complexity index is 595. The van der Waals surface area contributed by atoms with Gasteiger partial charge in [-0.25, -0.2) is 0 Å². The second-order valence-electron chi connectivity index (χ2n) is 7.85. The van der Waals surface area contributed by atoms with Gasteiger partial charge in [0.25, 0.3) is 0 Å². The lowest BCUT2D eigenvalue weighted by molar-refractivity contribution is -0.133. The van der Waals surface area contributed by atoms with Gasteiger partial charge >= 0.3 is 0 Å². The fourth-order valence-electron chi connectivity index (χ4n) is 4.33. The molecule has 25 heavy (non-hydrogen) atoms. The van der Waals surface area contributed by atoms with Crippen molar-refractivity contribution in [2.75, 3.05) is 26.8 Å². The first-order chi connectivity index (χ1) is 12.1. The first-order valence-corrected chi connectivity index (χ1v) is 9.58. The Morgan fingerprint density at radius 3 is 2.72 bits per heavy atom. The Balaban J connectivity index is 1.94. The van der Waals surface area contributed by atoms with Crippen molar-refractivity contribution in [3.63, 3.8) is 0 Å². The summed E-state index contributed by atoms with van der Waals surface area (Å²) in [5, 5.41) is 0. The third kappa shape index (κ3) is 3.84. The minimum absolute atomic E-state index is 0.185. The van der Waals surface area contributed by atoms with Gasteiger partial charge in [-0.05, 0) is 37.7 Å². The molecule has 2 aliphatic heterocycles. The van der Waals surface area contributed by atoms with Crippen molar-refractivity contribution in [2.24, 2.45) is 5.92 Å². The van der Waals surface area contributed by atoms with Gasteiger partial charge in [0.15, 0.2) is 0 Å². The normalized spacial score (nSPS) is 26.9. The van der Waals surface area contributed by atoms with Gasteiger partial charge in [-0.2, -0.15) is 0 Å². The van der Waals surface area contributed by atoms with Gasteiger partial charge in [-0.15, -0.1) is 0 Å². The smallest absolute Gasteiger partial charge is 0.223 e. The molecule has 0 aromatic heterocycles. The van der Waals surface area contributed by atoms with E-state index < -0.39 is 0 Å². The fourth-order valence-corrected chi connectivity index (χ4v) is 4.33. The zero-order valence-corrected chi connectivity index (χ0v) is 15.8. The van der Waals surface area contributed by atoms with Crippen LogP contribution in [0.25, 0.3) is 0 Å². The van der Waals surface area contributed by atoms with Gasteiger partial charge in [-0.3, -0.25) is 4.79 Å². The van der Waals surface area contributed by atoms with Gasteiger partial charge in [0.1, 0.15) is 5.75 Å². The van der Waals surface area contributed by atoms with Crippen molar-refractivity contribution in [3.05, 3.63) is 29.8 Å². The molecule has 2 unspecified atom stereocenters. The Morgan fingerprint density at radius 1 is 1.32 bits per heavy atom. The molecule has 1 amide bonds. The van der Waals surface area contributed by atoms with Crippen LogP contribution in [-0.4, -0.2) is 43.7 Å². The van der Waals surface area contributed by atoms with E-state index >= 15 is 0 Å². The average Bonchev–Trinajstić information content (AvgIpc) is 3.16. The second-order valence-corrected chi connectivity index (χ2v) is 7.85. The molecular formula is C21H31NO3. The number of hydrogen-bond donors (Lipinski definition) is 0. The van der Waals surface area contributed by atoms with Crippen LogP contribution in [0.1, 0.15) is 51.5 Å². The number of methoxy groups -OCH3 is 1. The van der Waals surface area contributed by atoms with Crippen molar-refractivity contribution < 1.29 is 14.3 Å². The summed E-state index contributed by atoms with van der Waals surface area (Å²) in [6, 6.07) is 8.20. The van der Waals surface area contributed by atoms with E-state index in [9.17, 15) is 4.79 Å². The zero-order chi connectivity index (χ0) is 17.9. The summed E-state index contributed by atoms with van der Waals surface area (Å²) < 4.78 is 11.7. The summed E-state index contributed by atoms with van der Waals surface area (Å²) in [6.07, 6.45) is 4.75. The summed E-state index contributed by atoms with van der Waals surface area (Å²) in [4.78, 5) is 15.1. The molecule has 3 rings (SSSR count). The summed E-state index contributed by atoms with van der Waals surface area (Å²) in [5.41, 5.74) is 0.971. The van der Waals surface area contributed by atoms with Gasteiger partial charge in [0, 0.05) is 37.1 Å². The molecule has 1 aromatic carbocycles. The van der Waals surface area contributed by atoms with Crippen molar-refractivity contribution in [2.45, 2.75) is 57.5 Å². The third-order valence-corrected chi connectivity index (χ3v) is 5.87. The molecule has 138 valence electrons. The monoisotopic (exact) mass is 345 g/mol. The average molecular weight is 345 g/mol. The highest BCUT2D eigenvalue weighted by Crippen LogP contribution is 2.45. The van der Waals surface area contributed by atoms with Crippen LogP contribution < -0.4 is 4.74 Å². The highest BCUT2D eigenvalue weighted by atomic mass is 16.5. The maximum atomic E-state index is 13.0. The van der Waals surface area contributed by atoms with E-state index in [0.29, 0.717) is 18.9 Å². The maximum absolute atomic E-state index is 13.0. The first kappa shape index (κ1) is 18.2. The van der Waals surface area contributed by atoms with Crippen molar-refractivity contribution in [3.8, 4) is 5.75 Å². The van der Waals surface area contributed by atoms with Gasteiger partial charge in [0.05, 0.1) is 13.2 Å². The molecule has 2 atom stereocenters. The summed E-state index contributed by atoms with van der Waals surface area (Å²) in [7, 11) is 1.72. The van der Waals surface area contributed by atoms with Gasteiger partial charge in [-0.1, -0.05) is 32.0 Å². The maximum Gasteiger partial charge on any atom is 0.223 e. The Kier molecular flexibility index (Phi) is 5.67. The number of nitrogens with zero attached hydrogens (tertiary/aromatic N) is 1. The number of ether oxygens (including phenoxy) is 2. The predicted octanol–water partition coefficient (Wildman–Crippen LogP) is 3.78. The van der Waals surface area contributed by atoms with E-state index in [-0.39, 0.29) is 17.4 Å². The molecule has 2 saturated heterocycles. The second kappa shape index (κ2) is 7.77. The number of rotatable bonds is 5. The molecular weight excluding hydrogens is 314 g/mol. The molecule has 0 bridgehead atoms. The highest BCUT2D eigenvalue weighted by molar-refractivity contribution is 5.78. The summed E-state index contributed by atoms with van der Waals surface area (Å²) in [5.74, 6) is 1.62. The number of carbonyl (C=O) groups excluding carboxylic acids is 1. The number of hydrogen-bond acceptors (Lipinski definition) is 3. The Morgan fingerprint density at radius 2 is 2.04 bits per heavy atom. The minimum atomic E-state index is -0.195. The van der Waals surface area contributed by atoms with Crippen molar-refractivity contribution >= 4 is 5.91 Å². The Labute approximate surface area is 151 Å². The first-order valence-electron chi connectivity index (χ1n) is 9.58.